The van der Waals surface area contributed by atoms with Gasteiger partial charge in [-0.3, -0.25) is 9.59 Å². The number of nitrogens with zero attached hydrogens (tertiary/aromatic N) is 1. The molecular weight excluding hydrogens is 332 g/mol. The van der Waals surface area contributed by atoms with Gasteiger partial charge in [0.25, 0.3) is 5.91 Å². The van der Waals surface area contributed by atoms with Gasteiger partial charge >= 0.3 is 0 Å². The van der Waals surface area contributed by atoms with E-state index in [4.69, 9.17) is 11.6 Å². The molecule has 0 saturated carbocycles. The van der Waals surface area contributed by atoms with E-state index >= 15 is 0 Å². The number of amides is 2. The predicted molar refractivity (Wildman–Crippen MR) is 91.7 cm³/mol. The number of nitrogens with one attached hydrogen (secondary N) is 1. The number of hydrogen-bond donors (Lipinski definition) is 1. The van der Waals surface area contributed by atoms with Crippen LogP contribution >= 0.6 is 22.9 Å². The Balaban J connectivity index is 1.61. The van der Waals surface area contributed by atoms with Crippen molar-refractivity contribution in [1.29, 1.82) is 0 Å². The highest BCUT2D eigenvalue weighted by atomic mass is 35.5. The number of likely N-dealkylation sites (tertiary alicyclic amines) is 1. The predicted octanol–water partition coefficient (Wildman–Crippen LogP) is 3.32. The highest BCUT2D eigenvalue weighted by molar-refractivity contribution is 7.12. The van der Waals surface area contributed by atoms with Crippen molar-refractivity contribution < 1.29 is 9.59 Å². The van der Waals surface area contributed by atoms with Crippen LogP contribution < -0.4 is 5.32 Å². The molecule has 1 atom stereocenters. The molecule has 1 N–H and O–H groups in total. The third kappa shape index (κ3) is 3.74. The molecule has 2 aromatic rings. The molecule has 4 nitrogen and oxygen atoms in total. The van der Waals surface area contributed by atoms with Crippen molar-refractivity contribution >= 4 is 34.8 Å². The molecule has 0 spiro atoms. The molecule has 2 heterocycles. The van der Waals surface area contributed by atoms with Gasteiger partial charge < -0.3 is 10.2 Å². The van der Waals surface area contributed by atoms with E-state index in [0.29, 0.717) is 29.4 Å². The van der Waals surface area contributed by atoms with Gasteiger partial charge in [0.05, 0.1) is 4.88 Å². The highest BCUT2D eigenvalue weighted by Gasteiger charge is 2.34. The van der Waals surface area contributed by atoms with Crippen LogP contribution in [0.5, 0.6) is 0 Å². The van der Waals surface area contributed by atoms with Crippen molar-refractivity contribution in [3.8, 4) is 0 Å². The smallest absolute Gasteiger partial charge is 0.264 e. The number of rotatable bonds is 4. The van der Waals surface area contributed by atoms with E-state index in [9.17, 15) is 9.59 Å². The van der Waals surface area contributed by atoms with Crippen LogP contribution in [0.3, 0.4) is 0 Å². The molecule has 0 bridgehead atoms. The zero-order chi connectivity index (χ0) is 16.2. The second kappa shape index (κ2) is 7.15. The van der Waals surface area contributed by atoms with Gasteiger partial charge in [0.1, 0.15) is 6.04 Å². The Labute approximate surface area is 144 Å². The number of carbonyl (C=O) groups is 2. The van der Waals surface area contributed by atoms with Crippen LogP contribution in [-0.4, -0.2) is 29.3 Å². The number of halogens is 1. The van der Waals surface area contributed by atoms with Gasteiger partial charge in [0.2, 0.25) is 5.91 Å². The Kier molecular flexibility index (Phi) is 4.98. The van der Waals surface area contributed by atoms with Crippen molar-refractivity contribution in [1.82, 2.24) is 10.2 Å². The maximum absolute atomic E-state index is 12.5. The van der Waals surface area contributed by atoms with E-state index in [-0.39, 0.29) is 17.9 Å². The number of hydrogen-bond acceptors (Lipinski definition) is 3. The molecule has 23 heavy (non-hydrogen) atoms. The van der Waals surface area contributed by atoms with Gasteiger partial charge in [0.15, 0.2) is 0 Å². The van der Waals surface area contributed by atoms with Gasteiger partial charge in [-0.15, -0.1) is 11.3 Å². The second-order valence-electron chi connectivity index (χ2n) is 5.48. The van der Waals surface area contributed by atoms with Crippen LogP contribution in [0.15, 0.2) is 41.8 Å². The van der Waals surface area contributed by atoms with E-state index in [2.05, 4.69) is 5.32 Å². The molecular formula is C17H17ClN2O2S. The van der Waals surface area contributed by atoms with Crippen molar-refractivity contribution in [2.45, 2.75) is 25.4 Å². The largest absolute Gasteiger partial charge is 0.350 e. The van der Waals surface area contributed by atoms with E-state index in [0.717, 1.165) is 12.0 Å². The summed E-state index contributed by atoms with van der Waals surface area (Å²) in [5.74, 6) is -0.147. The summed E-state index contributed by atoms with van der Waals surface area (Å²) in [5.41, 5.74) is 0.983. The number of carbonyl (C=O) groups excluding carboxylic acids is 2. The van der Waals surface area contributed by atoms with Crippen molar-refractivity contribution in [2.24, 2.45) is 0 Å². The normalized spacial score (nSPS) is 17.3. The molecule has 3 rings (SSSR count). The Morgan fingerprint density at radius 1 is 1.26 bits per heavy atom. The van der Waals surface area contributed by atoms with E-state index in [1.807, 2.05) is 23.6 Å². The summed E-state index contributed by atoms with van der Waals surface area (Å²) < 4.78 is 0. The first-order valence-corrected chi connectivity index (χ1v) is 8.77. The Hall–Kier alpha value is -1.85. The zero-order valence-corrected chi connectivity index (χ0v) is 14.1. The minimum Gasteiger partial charge on any atom is -0.350 e. The molecule has 0 unspecified atom stereocenters. The fourth-order valence-electron chi connectivity index (χ4n) is 2.73. The van der Waals surface area contributed by atoms with Gasteiger partial charge in [-0.1, -0.05) is 29.8 Å². The lowest BCUT2D eigenvalue weighted by Crippen LogP contribution is -2.45. The van der Waals surface area contributed by atoms with Crippen molar-refractivity contribution in [3.05, 3.63) is 57.2 Å². The number of benzene rings is 1. The molecule has 0 radical (unpaired) electrons. The maximum Gasteiger partial charge on any atom is 0.264 e. The summed E-state index contributed by atoms with van der Waals surface area (Å²) >= 11 is 7.26. The topological polar surface area (TPSA) is 49.4 Å². The van der Waals surface area contributed by atoms with Gasteiger partial charge in [-0.05, 0) is 42.0 Å². The summed E-state index contributed by atoms with van der Waals surface area (Å²) in [7, 11) is 0. The first kappa shape index (κ1) is 16.0. The lowest BCUT2D eigenvalue weighted by molar-refractivity contribution is -0.125. The fourth-order valence-corrected chi connectivity index (χ4v) is 3.54. The summed E-state index contributed by atoms with van der Waals surface area (Å²) in [6.07, 6.45) is 1.57. The minimum atomic E-state index is -0.378. The lowest BCUT2D eigenvalue weighted by Gasteiger charge is -2.23. The molecule has 120 valence electrons. The monoisotopic (exact) mass is 348 g/mol. The summed E-state index contributed by atoms with van der Waals surface area (Å²) in [4.78, 5) is 27.3. The van der Waals surface area contributed by atoms with Gasteiger partial charge in [-0.2, -0.15) is 0 Å². The van der Waals surface area contributed by atoms with E-state index < -0.39 is 0 Å². The van der Waals surface area contributed by atoms with E-state index in [1.165, 1.54) is 11.3 Å². The van der Waals surface area contributed by atoms with Crippen LogP contribution in [0.2, 0.25) is 5.02 Å². The highest BCUT2D eigenvalue weighted by Crippen LogP contribution is 2.22. The summed E-state index contributed by atoms with van der Waals surface area (Å²) in [5, 5.41) is 5.46. The molecule has 1 aromatic carbocycles. The maximum atomic E-state index is 12.5. The molecule has 1 aliphatic rings. The summed E-state index contributed by atoms with van der Waals surface area (Å²) in [6, 6.07) is 10.6. The Morgan fingerprint density at radius 3 is 2.74 bits per heavy atom. The molecule has 0 aliphatic carbocycles. The molecule has 1 saturated heterocycles. The van der Waals surface area contributed by atoms with Crippen LogP contribution in [-0.2, 0) is 11.3 Å². The molecule has 1 aromatic heterocycles. The first-order valence-electron chi connectivity index (χ1n) is 7.52. The SMILES string of the molecule is O=C(NCc1ccc(Cl)cc1)[C@@H]1CCCN1C(=O)c1cccs1. The average molecular weight is 349 g/mol. The molecule has 6 heteroatoms. The minimum absolute atomic E-state index is 0.0517. The molecule has 1 aliphatic heterocycles. The fraction of sp³-hybridized carbons (Fsp3) is 0.294. The number of thiophene rings is 1. The van der Waals surface area contributed by atoms with Gasteiger partial charge in [0, 0.05) is 18.1 Å². The zero-order valence-electron chi connectivity index (χ0n) is 12.5. The quantitative estimate of drug-likeness (QED) is 0.921. The van der Waals surface area contributed by atoms with Gasteiger partial charge in [-0.25, -0.2) is 0 Å². The first-order chi connectivity index (χ1) is 11.1. The third-order valence-electron chi connectivity index (χ3n) is 3.93. The van der Waals surface area contributed by atoms with E-state index in [1.54, 1.807) is 23.1 Å². The summed E-state index contributed by atoms with van der Waals surface area (Å²) in [6.45, 7) is 1.07. The standard InChI is InChI=1S/C17H17ClN2O2S/c18-13-7-5-12(6-8-13)11-19-16(21)14-3-1-9-20(14)17(22)15-4-2-10-23-15/h2,4-8,10,14H,1,3,9,11H2,(H,19,21)/t14-/m0/s1. The van der Waals surface area contributed by atoms with Crippen LogP contribution in [0.25, 0.3) is 0 Å². The van der Waals surface area contributed by atoms with Crippen molar-refractivity contribution in [3.63, 3.8) is 0 Å². The second-order valence-corrected chi connectivity index (χ2v) is 6.86. The Bertz CT molecular complexity index is 685. The lowest BCUT2D eigenvalue weighted by atomic mass is 10.2. The average Bonchev–Trinajstić information content (AvgIpc) is 3.24. The molecule has 1 fully saturated rings. The van der Waals surface area contributed by atoms with Crippen LogP contribution in [0.1, 0.15) is 28.1 Å². The molecule has 2 amide bonds. The van der Waals surface area contributed by atoms with Crippen molar-refractivity contribution in [2.75, 3.05) is 6.54 Å². The van der Waals surface area contributed by atoms with Crippen LogP contribution in [0.4, 0.5) is 0 Å². The van der Waals surface area contributed by atoms with Crippen LogP contribution in [0, 0.1) is 0 Å². The third-order valence-corrected chi connectivity index (χ3v) is 5.04. The Morgan fingerprint density at radius 2 is 2.04 bits per heavy atom.